The smallest absolute Gasteiger partial charge is 0.273 e. The van der Waals surface area contributed by atoms with Crippen LogP contribution in [0.15, 0.2) is 60.7 Å². The van der Waals surface area contributed by atoms with E-state index in [4.69, 9.17) is 16.3 Å². The molecule has 10 heteroatoms. The van der Waals surface area contributed by atoms with Crippen LogP contribution in [0.4, 0.5) is 17.1 Å². The van der Waals surface area contributed by atoms with Gasteiger partial charge >= 0.3 is 0 Å². The minimum Gasteiger partial charge on any atom is -0.496 e. The minimum absolute atomic E-state index is 0.0931. The molecule has 0 spiro atoms. The molecule has 0 saturated carbocycles. The van der Waals surface area contributed by atoms with E-state index >= 15 is 0 Å². The predicted molar refractivity (Wildman–Crippen MR) is 138 cm³/mol. The van der Waals surface area contributed by atoms with E-state index in [0.29, 0.717) is 53.8 Å². The number of benzene rings is 3. The van der Waals surface area contributed by atoms with Gasteiger partial charge in [-0.05, 0) is 55.5 Å². The molecule has 0 radical (unpaired) electrons. The zero-order chi connectivity index (χ0) is 25.8. The number of hydrogen-bond donors (Lipinski definition) is 1. The fourth-order valence-corrected chi connectivity index (χ4v) is 4.26. The van der Waals surface area contributed by atoms with Crippen LogP contribution < -0.4 is 15.0 Å². The normalized spacial score (nSPS) is 13.3. The molecule has 9 nitrogen and oxygen atoms in total. The lowest BCUT2D eigenvalue weighted by molar-refractivity contribution is -0.385. The lowest BCUT2D eigenvalue weighted by atomic mass is 10.1. The zero-order valence-corrected chi connectivity index (χ0v) is 20.6. The maximum atomic E-state index is 13.0. The molecule has 0 unspecified atom stereocenters. The van der Waals surface area contributed by atoms with Crippen LogP contribution in [-0.2, 0) is 0 Å². The summed E-state index contributed by atoms with van der Waals surface area (Å²) in [6.45, 7) is 4.00. The first-order valence-electron chi connectivity index (χ1n) is 11.3. The molecular formula is C26H25ClN4O5. The number of anilines is 2. The third-order valence-electron chi connectivity index (χ3n) is 6.12. The van der Waals surface area contributed by atoms with Gasteiger partial charge in [-0.25, -0.2) is 0 Å². The maximum Gasteiger partial charge on any atom is 0.273 e. The number of halogens is 1. The number of methoxy groups -OCH3 is 1. The minimum atomic E-state index is -0.500. The second kappa shape index (κ2) is 10.7. The Hall–Kier alpha value is -4.11. The number of amides is 2. The third-order valence-corrected chi connectivity index (χ3v) is 6.35. The quantitative estimate of drug-likeness (QED) is 0.379. The van der Waals surface area contributed by atoms with Gasteiger partial charge in [-0.15, -0.1) is 0 Å². The van der Waals surface area contributed by atoms with E-state index in [0.717, 1.165) is 5.69 Å². The highest BCUT2D eigenvalue weighted by Crippen LogP contribution is 2.26. The van der Waals surface area contributed by atoms with E-state index in [2.05, 4.69) is 10.2 Å². The summed E-state index contributed by atoms with van der Waals surface area (Å²) in [5, 5.41) is 14.4. The average molecular weight is 509 g/mol. The highest BCUT2D eigenvalue weighted by molar-refractivity contribution is 6.31. The molecule has 3 aromatic rings. The van der Waals surface area contributed by atoms with Crippen LogP contribution in [0.1, 0.15) is 26.3 Å². The summed E-state index contributed by atoms with van der Waals surface area (Å²) in [4.78, 5) is 40.2. The van der Waals surface area contributed by atoms with Crippen molar-refractivity contribution in [3.8, 4) is 5.75 Å². The van der Waals surface area contributed by atoms with E-state index in [1.807, 2.05) is 12.1 Å². The Bertz CT molecular complexity index is 1300. The molecule has 0 bridgehead atoms. The highest BCUT2D eigenvalue weighted by atomic mass is 35.5. The molecule has 0 aromatic heterocycles. The monoisotopic (exact) mass is 508 g/mol. The molecule has 1 aliphatic heterocycles. The van der Waals surface area contributed by atoms with Gasteiger partial charge in [-0.2, -0.15) is 0 Å². The number of piperazine rings is 1. The van der Waals surface area contributed by atoms with Crippen molar-refractivity contribution in [2.75, 3.05) is 43.5 Å². The number of nitro groups is 1. The number of aryl methyl sites for hydroxylation is 1. The van der Waals surface area contributed by atoms with Gasteiger partial charge in [0, 0.05) is 59.8 Å². The van der Waals surface area contributed by atoms with Crippen molar-refractivity contribution >= 4 is 40.5 Å². The van der Waals surface area contributed by atoms with Crippen molar-refractivity contribution in [1.29, 1.82) is 0 Å². The van der Waals surface area contributed by atoms with Crippen molar-refractivity contribution in [1.82, 2.24) is 4.90 Å². The lowest BCUT2D eigenvalue weighted by Gasteiger charge is -2.36. The Morgan fingerprint density at radius 1 is 1.00 bits per heavy atom. The topological polar surface area (TPSA) is 105 Å². The van der Waals surface area contributed by atoms with Crippen molar-refractivity contribution in [2.45, 2.75) is 6.92 Å². The van der Waals surface area contributed by atoms with Crippen molar-refractivity contribution in [3.05, 3.63) is 92.5 Å². The SMILES string of the molecule is COc1ccc(Cl)cc1C(=O)N1CCN(c2ccc(NC(=O)c3ccc(C)c([N+](=O)[O-])c3)cc2)CC1. The predicted octanol–water partition coefficient (Wildman–Crippen LogP) is 4.78. The fraction of sp³-hybridized carbons (Fsp3) is 0.231. The molecule has 4 rings (SSSR count). The molecule has 0 atom stereocenters. The Balaban J connectivity index is 1.37. The van der Waals surface area contributed by atoms with E-state index in [9.17, 15) is 19.7 Å². The number of carbonyl (C=O) groups excluding carboxylic acids is 2. The fourth-order valence-electron chi connectivity index (χ4n) is 4.09. The Labute approximate surface area is 213 Å². The summed E-state index contributed by atoms with van der Waals surface area (Å²) in [7, 11) is 1.52. The Morgan fingerprint density at radius 3 is 2.33 bits per heavy atom. The average Bonchev–Trinajstić information content (AvgIpc) is 2.89. The first kappa shape index (κ1) is 25.0. The first-order chi connectivity index (χ1) is 17.3. The van der Waals surface area contributed by atoms with Gasteiger partial charge in [-0.1, -0.05) is 17.7 Å². The van der Waals surface area contributed by atoms with Crippen LogP contribution in [0.3, 0.4) is 0 Å². The number of nitrogens with zero attached hydrogens (tertiary/aromatic N) is 3. The van der Waals surface area contributed by atoms with Crippen molar-refractivity contribution < 1.29 is 19.2 Å². The van der Waals surface area contributed by atoms with Crippen LogP contribution in [0.2, 0.25) is 5.02 Å². The summed E-state index contributed by atoms with van der Waals surface area (Å²) in [5.74, 6) is -0.0532. The van der Waals surface area contributed by atoms with Crippen LogP contribution in [0.5, 0.6) is 5.75 Å². The standard InChI is InChI=1S/C26H25ClN4O5/c1-17-3-4-18(15-23(17)31(34)35)25(32)28-20-6-8-21(9-7-20)29-11-13-30(14-12-29)26(33)22-16-19(27)5-10-24(22)36-2/h3-10,15-16H,11-14H2,1-2H3,(H,28,32). The van der Waals surface area contributed by atoms with Gasteiger partial charge in [0.2, 0.25) is 0 Å². The van der Waals surface area contributed by atoms with Gasteiger partial charge in [0.1, 0.15) is 5.75 Å². The molecule has 1 N–H and O–H groups in total. The Morgan fingerprint density at radius 2 is 1.69 bits per heavy atom. The third kappa shape index (κ3) is 5.41. The molecule has 186 valence electrons. The molecule has 0 aliphatic carbocycles. The van der Waals surface area contributed by atoms with Crippen LogP contribution in [-0.4, -0.2) is 54.9 Å². The second-order valence-corrected chi connectivity index (χ2v) is 8.82. The molecule has 2 amide bonds. The number of nitrogens with one attached hydrogen (secondary N) is 1. The van der Waals surface area contributed by atoms with Gasteiger partial charge in [0.05, 0.1) is 17.6 Å². The molecule has 1 saturated heterocycles. The van der Waals surface area contributed by atoms with Gasteiger partial charge in [-0.3, -0.25) is 19.7 Å². The van der Waals surface area contributed by atoms with Crippen LogP contribution in [0, 0.1) is 17.0 Å². The summed E-state index contributed by atoms with van der Waals surface area (Å²) < 4.78 is 5.31. The first-order valence-corrected chi connectivity index (χ1v) is 11.7. The maximum absolute atomic E-state index is 13.0. The van der Waals surface area contributed by atoms with Gasteiger partial charge < -0.3 is 19.9 Å². The summed E-state index contributed by atoms with van der Waals surface area (Å²) in [6.07, 6.45) is 0. The number of rotatable bonds is 6. The van der Waals surface area contributed by atoms with Crippen LogP contribution >= 0.6 is 11.6 Å². The van der Waals surface area contributed by atoms with Crippen LogP contribution in [0.25, 0.3) is 0 Å². The number of nitro benzene ring substituents is 1. The van der Waals surface area contributed by atoms with E-state index in [1.54, 1.807) is 54.3 Å². The number of ether oxygens (including phenoxy) is 1. The van der Waals surface area contributed by atoms with E-state index in [1.165, 1.54) is 13.2 Å². The Kier molecular flexibility index (Phi) is 7.40. The lowest BCUT2D eigenvalue weighted by Crippen LogP contribution is -2.48. The van der Waals surface area contributed by atoms with E-state index in [-0.39, 0.29) is 17.2 Å². The summed E-state index contributed by atoms with van der Waals surface area (Å²) >= 11 is 6.08. The summed E-state index contributed by atoms with van der Waals surface area (Å²) in [6, 6.07) is 16.7. The number of carbonyl (C=O) groups is 2. The van der Waals surface area contributed by atoms with Crippen molar-refractivity contribution in [2.24, 2.45) is 0 Å². The highest BCUT2D eigenvalue weighted by Gasteiger charge is 2.25. The van der Waals surface area contributed by atoms with Gasteiger partial charge in [0.25, 0.3) is 17.5 Å². The molecule has 1 fully saturated rings. The van der Waals surface area contributed by atoms with Gasteiger partial charge in [0.15, 0.2) is 0 Å². The molecule has 36 heavy (non-hydrogen) atoms. The largest absolute Gasteiger partial charge is 0.496 e. The molecule has 1 aliphatic rings. The second-order valence-electron chi connectivity index (χ2n) is 8.38. The van der Waals surface area contributed by atoms with Crippen molar-refractivity contribution in [3.63, 3.8) is 0 Å². The summed E-state index contributed by atoms with van der Waals surface area (Å²) in [5.41, 5.74) is 2.60. The zero-order valence-electron chi connectivity index (χ0n) is 19.9. The number of hydrogen-bond acceptors (Lipinski definition) is 6. The molecular weight excluding hydrogens is 484 g/mol. The molecule has 3 aromatic carbocycles. The molecule has 1 heterocycles. The van der Waals surface area contributed by atoms with E-state index < -0.39 is 10.8 Å².